The Labute approximate surface area is 152 Å². The van der Waals surface area contributed by atoms with Crippen LogP contribution in [-0.4, -0.2) is 44.5 Å². The van der Waals surface area contributed by atoms with Crippen molar-refractivity contribution in [1.29, 1.82) is 0 Å². The van der Waals surface area contributed by atoms with Gasteiger partial charge in [-0.1, -0.05) is 67.1 Å². The number of hydrogen-bond donors (Lipinski definition) is 2. The lowest BCUT2D eigenvalue weighted by Crippen LogP contribution is -2.32. The molecule has 1 atom stereocenters. The van der Waals surface area contributed by atoms with E-state index < -0.39 is 0 Å². The molecular weight excluding hydrogens is 306 g/mol. The molecule has 3 nitrogen and oxygen atoms in total. The first-order chi connectivity index (χ1) is 12.3. The number of unbranched alkanes of at least 4 members (excludes halogenated alkanes) is 1. The van der Waals surface area contributed by atoms with E-state index in [1.165, 1.54) is 24.0 Å². The molecule has 0 saturated heterocycles. The van der Waals surface area contributed by atoms with Crippen LogP contribution in [-0.2, 0) is 0 Å². The predicted molar refractivity (Wildman–Crippen MR) is 108 cm³/mol. The molecule has 134 valence electrons. The van der Waals surface area contributed by atoms with E-state index in [1.54, 1.807) is 0 Å². The monoisotopic (exact) mass is 338 g/mol. The van der Waals surface area contributed by atoms with E-state index in [-0.39, 0.29) is 6.04 Å². The molecule has 0 aliphatic rings. The van der Waals surface area contributed by atoms with E-state index in [9.17, 15) is 0 Å². The summed E-state index contributed by atoms with van der Waals surface area (Å²) in [4.78, 5) is 0. The second kappa shape index (κ2) is 10.8. The molecule has 2 rings (SSSR count). The van der Waals surface area contributed by atoms with E-state index >= 15 is 0 Å². The fourth-order valence-electron chi connectivity index (χ4n) is 3.26. The quantitative estimate of drug-likeness (QED) is 0.394. The second-order valence-electron chi connectivity index (χ2n) is 6.53. The molecule has 0 fully saturated rings. The van der Waals surface area contributed by atoms with E-state index in [0.29, 0.717) is 6.04 Å². The average molecular weight is 339 g/mol. The first kappa shape index (κ1) is 19.4. The Hall–Kier alpha value is -1.97. The van der Waals surface area contributed by atoms with Crippen LogP contribution >= 0.6 is 0 Å². The van der Waals surface area contributed by atoms with Gasteiger partial charge in [0.05, 0.1) is 6.04 Å². The van der Waals surface area contributed by atoms with Crippen molar-refractivity contribution in [2.75, 3.05) is 27.7 Å². The number of hydrogen-bond acceptors (Lipinski definition) is 2. The highest BCUT2D eigenvalue weighted by Gasteiger charge is 2.23. The molecule has 0 aliphatic carbocycles. The molecular formula is C22H32N3+. The maximum absolute atomic E-state index is 3.45. The van der Waals surface area contributed by atoms with Crippen molar-refractivity contribution in [2.45, 2.75) is 31.3 Å². The maximum Gasteiger partial charge on any atom is 0.202 e. The number of rotatable bonds is 10. The highest BCUT2D eigenvalue weighted by molar-refractivity contribution is 5.59. The summed E-state index contributed by atoms with van der Waals surface area (Å²) in [5, 5.41) is 6.67. The van der Waals surface area contributed by atoms with E-state index in [1.807, 2.05) is 14.1 Å². The summed E-state index contributed by atoms with van der Waals surface area (Å²) in [7, 11) is 6.25. The third-order valence-electron chi connectivity index (χ3n) is 4.62. The Kier molecular flexibility index (Phi) is 8.36. The first-order valence-electron chi connectivity index (χ1n) is 9.25. The summed E-state index contributed by atoms with van der Waals surface area (Å²) in [5.41, 5.74) is 2.63. The second-order valence-corrected chi connectivity index (χ2v) is 6.53. The van der Waals surface area contributed by atoms with Gasteiger partial charge in [0.1, 0.15) is 7.05 Å². The largest absolute Gasteiger partial charge is 0.320 e. The van der Waals surface area contributed by atoms with Gasteiger partial charge in [-0.2, -0.15) is 0 Å². The minimum absolute atomic E-state index is 0.232. The van der Waals surface area contributed by atoms with E-state index in [0.717, 1.165) is 13.0 Å². The van der Waals surface area contributed by atoms with Gasteiger partial charge in [-0.3, -0.25) is 0 Å². The molecule has 2 aromatic rings. The van der Waals surface area contributed by atoms with Gasteiger partial charge >= 0.3 is 0 Å². The van der Waals surface area contributed by atoms with Crippen molar-refractivity contribution in [3.8, 4) is 0 Å². The Morgan fingerprint density at radius 1 is 0.880 bits per heavy atom. The Balaban J connectivity index is 2.21. The van der Waals surface area contributed by atoms with Gasteiger partial charge in [-0.15, -0.1) is 0 Å². The molecule has 1 unspecified atom stereocenters. The number of nitrogens with one attached hydrogen (secondary N) is 2. The van der Waals surface area contributed by atoms with Crippen molar-refractivity contribution >= 4 is 6.21 Å². The molecule has 0 bridgehead atoms. The topological polar surface area (TPSA) is 27.1 Å². The van der Waals surface area contributed by atoms with Crippen LogP contribution in [0.25, 0.3) is 0 Å². The Morgan fingerprint density at radius 3 is 1.92 bits per heavy atom. The molecule has 25 heavy (non-hydrogen) atoms. The summed E-state index contributed by atoms with van der Waals surface area (Å²) >= 11 is 0. The number of benzene rings is 2. The highest BCUT2D eigenvalue weighted by atomic mass is 15.0. The van der Waals surface area contributed by atoms with Crippen LogP contribution in [0.15, 0.2) is 60.7 Å². The molecule has 3 heteroatoms. The fraction of sp³-hybridized carbons (Fsp3) is 0.409. The van der Waals surface area contributed by atoms with Gasteiger partial charge in [-0.25, -0.2) is 4.58 Å². The molecule has 0 saturated carbocycles. The van der Waals surface area contributed by atoms with Crippen LogP contribution in [0.2, 0.25) is 0 Å². The Morgan fingerprint density at radius 2 is 1.44 bits per heavy atom. The van der Waals surface area contributed by atoms with Crippen LogP contribution in [0.4, 0.5) is 0 Å². The molecule has 2 N–H and O–H groups in total. The maximum atomic E-state index is 3.45. The van der Waals surface area contributed by atoms with E-state index in [2.05, 4.69) is 89.1 Å². The van der Waals surface area contributed by atoms with Crippen LogP contribution in [0.5, 0.6) is 0 Å². The summed E-state index contributed by atoms with van der Waals surface area (Å²) in [6.45, 7) is 1.09. The first-order valence-corrected chi connectivity index (χ1v) is 9.25. The summed E-state index contributed by atoms with van der Waals surface area (Å²) in [6, 6.07) is 22.1. The zero-order valence-corrected chi connectivity index (χ0v) is 15.8. The normalized spacial score (nSPS) is 13.2. The van der Waals surface area contributed by atoms with Crippen LogP contribution < -0.4 is 10.6 Å². The molecule has 0 amide bonds. The average Bonchev–Trinajstić information content (AvgIpc) is 2.66. The van der Waals surface area contributed by atoms with Crippen LogP contribution in [0.1, 0.15) is 36.4 Å². The van der Waals surface area contributed by atoms with Gasteiger partial charge in [-0.05, 0) is 33.5 Å². The predicted octanol–water partition coefficient (Wildman–Crippen LogP) is 3.47. The van der Waals surface area contributed by atoms with Crippen molar-refractivity contribution in [2.24, 2.45) is 0 Å². The van der Waals surface area contributed by atoms with E-state index in [4.69, 9.17) is 0 Å². The van der Waals surface area contributed by atoms with Gasteiger partial charge in [0.2, 0.25) is 6.04 Å². The van der Waals surface area contributed by atoms with Gasteiger partial charge in [0.25, 0.3) is 0 Å². The number of nitrogens with zero attached hydrogens (tertiary/aromatic N) is 1. The summed E-state index contributed by atoms with van der Waals surface area (Å²) in [6.07, 6.45) is 5.92. The van der Waals surface area contributed by atoms with Crippen molar-refractivity contribution in [1.82, 2.24) is 10.6 Å². The lowest BCUT2D eigenvalue weighted by Gasteiger charge is -2.17. The van der Waals surface area contributed by atoms with Crippen LogP contribution in [0.3, 0.4) is 0 Å². The molecule has 2 aromatic carbocycles. The van der Waals surface area contributed by atoms with Crippen LogP contribution in [0, 0.1) is 0 Å². The van der Waals surface area contributed by atoms with Crippen molar-refractivity contribution in [3.63, 3.8) is 0 Å². The third kappa shape index (κ3) is 6.11. The fourth-order valence-corrected chi connectivity index (χ4v) is 3.26. The minimum atomic E-state index is 0.232. The zero-order chi connectivity index (χ0) is 17.9. The summed E-state index contributed by atoms with van der Waals surface area (Å²) < 4.78 is 2.35. The standard InChI is InChI=1S/C22H32N3/c1-23-17-11-10-16-21(24-2)18-25(3)22(19-12-6-4-7-13-19)20-14-8-5-9-15-20/h4-9,12-15,18,21-24H,10-11,16-17H2,1-3H3/q+1. The Bertz CT molecular complexity index is 583. The molecule has 0 aliphatic heterocycles. The zero-order valence-electron chi connectivity index (χ0n) is 15.8. The van der Waals surface area contributed by atoms with Gasteiger partial charge in [0, 0.05) is 11.1 Å². The van der Waals surface area contributed by atoms with Gasteiger partial charge in [0.15, 0.2) is 6.21 Å². The lowest BCUT2D eigenvalue weighted by molar-refractivity contribution is -0.530. The smallest absolute Gasteiger partial charge is 0.202 e. The molecule has 0 heterocycles. The van der Waals surface area contributed by atoms with Crippen molar-refractivity contribution < 1.29 is 4.58 Å². The molecule has 0 radical (unpaired) electrons. The summed E-state index contributed by atoms with van der Waals surface area (Å²) in [5.74, 6) is 0. The minimum Gasteiger partial charge on any atom is -0.320 e. The van der Waals surface area contributed by atoms with Gasteiger partial charge < -0.3 is 10.6 Å². The molecule has 0 aromatic heterocycles. The lowest BCUT2D eigenvalue weighted by atomic mass is 9.98. The molecule has 0 spiro atoms. The SMILES string of the molecule is CNCCCCC(C=[N+](C)C(c1ccccc1)c1ccccc1)NC. The highest BCUT2D eigenvalue weighted by Crippen LogP contribution is 2.24. The third-order valence-corrected chi connectivity index (χ3v) is 4.62. The van der Waals surface area contributed by atoms with Crippen molar-refractivity contribution in [3.05, 3.63) is 71.8 Å².